The van der Waals surface area contributed by atoms with Gasteiger partial charge in [0.15, 0.2) is 0 Å². The number of nitrogens with one attached hydrogen (secondary N) is 3. The van der Waals surface area contributed by atoms with Gasteiger partial charge in [-0.25, -0.2) is 10.3 Å². The Bertz CT molecular complexity index is 713. The summed E-state index contributed by atoms with van der Waals surface area (Å²) in [5, 5.41) is 6.36. The van der Waals surface area contributed by atoms with Crippen LogP contribution in [0.5, 0.6) is 0 Å². The van der Waals surface area contributed by atoms with Crippen LogP contribution in [-0.2, 0) is 33.3 Å². The fourth-order valence-corrected chi connectivity index (χ4v) is 6.86. The van der Waals surface area contributed by atoms with Crippen molar-refractivity contribution in [1.29, 1.82) is 0 Å². The summed E-state index contributed by atoms with van der Waals surface area (Å²) in [7, 11) is 0. The third kappa shape index (κ3) is 21.1. The van der Waals surface area contributed by atoms with Crippen molar-refractivity contribution in [3.63, 3.8) is 0 Å². The zero-order valence-electron chi connectivity index (χ0n) is 26.7. The molecule has 0 aromatic carbocycles. The summed E-state index contributed by atoms with van der Waals surface area (Å²) in [6, 6.07) is 0.393. The van der Waals surface area contributed by atoms with Crippen LogP contribution < -0.4 is 16.1 Å². The van der Waals surface area contributed by atoms with Crippen molar-refractivity contribution in [3.05, 3.63) is 0 Å². The quantitative estimate of drug-likeness (QED) is 0.0361. The summed E-state index contributed by atoms with van der Waals surface area (Å²) in [4.78, 5) is 28.5. The molecule has 13 heteroatoms. The molecule has 258 valence electrons. The van der Waals surface area contributed by atoms with Gasteiger partial charge in [-0.1, -0.05) is 51.4 Å². The first-order chi connectivity index (χ1) is 21.7. The van der Waals surface area contributed by atoms with Gasteiger partial charge in [-0.2, -0.15) is 24.4 Å². The minimum Gasteiger partial charge on any atom is -0.379 e. The number of hydroxylamine groups is 1. The van der Waals surface area contributed by atoms with Crippen LogP contribution in [0.15, 0.2) is 0 Å². The fourth-order valence-electron chi connectivity index (χ4n) is 5.09. The summed E-state index contributed by atoms with van der Waals surface area (Å²) in [5.41, 5.74) is 2.46. The summed E-state index contributed by atoms with van der Waals surface area (Å²) < 4.78 is 27.6. The van der Waals surface area contributed by atoms with E-state index in [-0.39, 0.29) is 30.6 Å². The molecule has 0 saturated carbocycles. The molecule has 0 aromatic rings. The number of thiol groups is 1. The summed E-state index contributed by atoms with van der Waals surface area (Å²) in [6.07, 6.45) is 14.8. The van der Waals surface area contributed by atoms with Crippen LogP contribution in [0.25, 0.3) is 0 Å². The average molecular weight is 666 g/mol. The molecular weight excluding hydrogens is 606 g/mol. The Labute approximate surface area is 275 Å². The fraction of sp³-hybridized carbons (Fsp3) is 0.935. The Morgan fingerprint density at radius 3 is 1.80 bits per heavy atom. The number of fused-ring (bicyclic) bond motifs is 1. The summed E-state index contributed by atoms with van der Waals surface area (Å²) >= 11 is 6.14. The van der Waals surface area contributed by atoms with Crippen LogP contribution >= 0.6 is 24.4 Å². The molecule has 44 heavy (non-hydrogen) atoms. The molecule has 11 nitrogen and oxygen atoms in total. The molecule has 2 heterocycles. The zero-order chi connectivity index (χ0) is 31.3. The number of urea groups is 1. The molecule has 2 aliphatic heterocycles. The largest absolute Gasteiger partial charge is 0.379 e. The highest BCUT2D eigenvalue weighted by Crippen LogP contribution is 2.33. The van der Waals surface area contributed by atoms with Gasteiger partial charge in [0, 0.05) is 24.0 Å². The van der Waals surface area contributed by atoms with Crippen molar-refractivity contribution in [1.82, 2.24) is 16.1 Å². The lowest BCUT2D eigenvalue weighted by molar-refractivity contribution is -0.135. The number of carbonyl (C=O) groups excluding carboxylic acids is 2. The minimum absolute atomic E-state index is 0.0641. The van der Waals surface area contributed by atoms with Crippen LogP contribution in [0.1, 0.15) is 83.5 Å². The molecule has 0 radical (unpaired) electrons. The highest BCUT2D eigenvalue weighted by atomic mass is 32.2. The Morgan fingerprint density at radius 2 is 1.20 bits per heavy atom. The first-order valence-electron chi connectivity index (χ1n) is 16.8. The number of rotatable bonds is 32. The maximum atomic E-state index is 11.9. The summed E-state index contributed by atoms with van der Waals surface area (Å²) in [6.45, 7) is 5.73. The Morgan fingerprint density at radius 1 is 0.682 bits per heavy atom. The Hall–Kier alpha value is -0.800. The van der Waals surface area contributed by atoms with E-state index in [0.29, 0.717) is 71.1 Å². The lowest BCUT2D eigenvalue weighted by atomic mass is 10.0. The molecule has 0 aliphatic carbocycles. The standard InChI is InChI=1S/C31H59N3O8S2/c35-29(13-9-8-12-28-30-27(26-44-28)32-31(36)33-30)34-42-24-23-41-22-21-40-20-19-39-18-17-38-16-15-37-14-10-6-4-2-1-3-5-7-11-25-43/h27-28,30,43H,1-26H2,(H,34,35)(H2,32,33,36)/t27-,28-,30-/m0/s1. The Balaban J connectivity index is 1.18. The average Bonchev–Trinajstić information content (AvgIpc) is 3.58. The van der Waals surface area contributed by atoms with Crippen molar-refractivity contribution in [2.75, 3.05) is 84.2 Å². The normalized spacial score (nSPS) is 19.2. The molecule has 3 N–H and O–H groups in total. The molecule has 0 bridgehead atoms. The second-order valence-electron chi connectivity index (χ2n) is 11.2. The molecule has 2 fully saturated rings. The van der Waals surface area contributed by atoms with Crippen LogP contribution in [0.4, 0.5) is 4.79 Å². The predicted molar refractivity (Wildman–Crippen MR) is 178 cm³/mol. The highest BCUT2D eigenvalue weighted by molar-refractivity contribution is 8.00. The van der Waals surface area contributed by atoms with E-state index in [1.165, 1.54) is 51.4 Å². The van der Waals surface area contributed by atoms with Gasteiger partial charge in [0.25, 0.3) is 0 Å². The molecule has 2 rings (SSSR count). The molecule has 0 unspecified atom stereocenters. The smallest absolute Gasteiger partial charge is 0.315 e. The maximum Gasteiger partial charge on any atom is 0.315 e. The van der Waals surface area contributed by atoms with E-state index >= 15 is 0 Å². The SMILES string of the molecule is O=C(CCCC[C@@H]1SC[C@@H]2NC(=O)N[C@@H]21)NOCCOCCOCCOCCOCCOCCCCCCCCCCCS. The van der Waals surface area contributed by atoms with E-state index in [1.54, 1.807) is 0 Å². The van der Waals surface area contributed by atoms with Gasteiger partial charge in [-0.15, -0.1) is 0 Å². The van der Waals surface area contributed by atoms with Crippen molar-refractivity contribution < 1.29 is 38.1 Å². The van der Waals surface area contributed by atoms with Gasteiger partial charge in [-0.05, 0) is 31.4 Å². The van der Waals surface area contributed by atoms with Crippen LogP contribution in [0.2, 0.25) is 0 Å². The molecule has 0 spiro atoms. The maximum absolute atomic E-state index is 11.9. The number of carbonyl (C=O) groups is 2. The number of thioether (sulfide) groups is 1. The molecular formula is C31H59N3O8S2. The highest BCUT2D eigenvalue weighted by Gasteiger charge is 2.42. The van der Waals surface area contributed by atoms with E-state index in [4.69, 9.17) is 28.5 Å². The van der Waals surface area contributed by atoms with Gasteiger partial charge in [0.05, 0.1) is 78.2 Å². The topological polar surface area (TPSA) is 126 Å². The number of hydrogen-bond acceptors (Lipinski definition) is 10. The van der Waals surface area contributed by atoms with Gasteiger partial charge < -0.3 is 34.3 Å². The first kappa shape index (κ1) is 39.4. The van der Waals surface area contributed by atoms with Crippen molar-refractivity contribution in [2.24, 2.45) is 0 Å². The van der Waals surface area contributed by atoms with Gasteiger partial charge >= 0.3 is 6.03 Å². The lowest BCUT2D eigenvalue weighted by Gasteiger charge is -2.16. The number of amides is 3. The minimum atomic E-state index is -0.127. The predicted octanol–water partition coefficient (Wildman–Crippen LogP) is 4.28. The summed E-state index contributed by atoms with van der Waals surface area (Å²) in [5.74, 6) is 1.84. The van der Waals surface area contributed by atoms with Gasteiger partial charge in [-0.3, -0.25) is 9.63 Å². The number of unbranched alkanes of at least 4 members (excludes halogenated alkanes) is 9. The molecule has 3 atom stereocenters. The van der Waals surface area contributed by atoms with Crippen molar-refractivity contribution >= 4 is 36.3 Å². The van der Waals surface area contributed by atoms with Gasteiger partial charge in [0.2, 0.25) is 5.91 Å². The monoisotopic (exact) mass is 665 g/mol. The third-order valence-corrected chi connectivity index (χ3v) is 9.36. The molecule has 3 amide bonds. The van der Waals surface area contributed by atoms with E-state index in [1.807, 2.05) is 11.8 Å². The van der Waals surface area contributed by atoms with E-state index in [0.717, 1.165) is 43.8 Å². The van der Waals surface area contributed by atoms with E-state index in [9.17, 15) is 9.59 Å². The molecule has 2 aliphatic rings. The van der Waals surface area contributed by atoms with Crippen LogP contribution in [0, 0.1) is 0 Å². The number of hydrogen-bond donors (Lipinski definition) is 4. The Kier molecular flexibility index (Phi) is 25.4. The third-order valence-electron chi connectivity index (χ3n) is 7.53. The molecule has 2 saturated heterocycles. The van der Waals surface area contributed by atoms with Crippen molar-refractivity contribution in [2.45, 2.75) is 101 Å². The second-order valence-corrected chi connectivity index (χ2v) is 12.9. The molecule has 0 aromatic heterocycles. The first-order valence-corrected chi connectivity index (χ1v) is 18.5. The van der Waals surface area contributed by atoms with Crippen LogP contribution in [0.3, 0.4) is 0 Å². The zero-order valence-corrected chi connectivity index (χ0v) is 28.4. The lowest BCUT2D eigenvalue weighted by Crippen LogP contribution is -2.36. The number of ether oxygens (including phenoxy) is 5. The van der Waals surface area contributed by atoms with Gasteiger partial charge in [0.1, 0.15) is 0 Å². The second kappa shape index (κ2) is 28.4. The van der Waals surface area contributed by atoms with E-state index < -0.39 is 0 Å². The van der Waals surface area contributed by atoms with E-state index in [2.05, 4.69) is 28.7 Å². The van der Waals surface area contributed by atoms with Crippen LogP contribution in [-0.4, -0.2) is 113 Å². The van der Waals surface area contributed by atoms with Crippen molar-refractivity contribution in [3.8, 4) is 0 Å².